The van der Waals surface area contributed by atoms with Crippen LogP contribution in [0.3, 0.4) is 0 Å². The zero-order valence-corrected chi connectivity index (χ0v) is 12.8. The van der Waals surface area contributed by atoms with Gasteiger partial charge in [0.2, 0.25) is 11.9 Å². The van der Waals surface area contributed by atoms with E-state index < -0.39 is 0 Å². The molecule has 0 aliphatic carbocycles. The van der Waals surface area contributed by atoms with Gasteiger partial charge in [0, 0.05) is 26.3 Å². The summed E-state index contributed by atoms with van der Waals surface area (Å²) in [6.07, 6.45) is 0.900. The van der Waals surface area contributed by atoms with Crippen molar-refractivity contribution in [3.05, 3.63) is 0 Å². The van der Waals surface area contributed by atoms with Gasteiger partial charge in [0.25, 0.3) is 0 Å². The third-order valence-corrected chi connectivity index (χ3v) is 2.33. The van der Waals surface area contributed by atoms with Gasteiger partial charge in [0.05, 0.1) is 7.11 Å². The van der Waals surface area contributed by atoms with E-state index in [1.165, 1.54) is 7.11 Å². The summed E-state index contributed by atoms with van der Waals surface area (Å²) in [7, 11) is 1.54. The average Bonchev–Trinajstić information content (AvgIpc) is 2.42. The maximum absolute atomic E-state index is 5.51. The van der Waals surface area contributed by atoms with Crippen LogP contribution in [0.1, 0.15) is 27.2 Å². The molecular formula is C13H25N5O2. The minimum absolute atomic E-state index is 0.300. The molecule has 0 atom stereocenters. The molecule has 7 nitrogen and oxygen atoms in total. The number of rotatable bonds is 10. The fourth-order valence-corrected chi connectivity index (χ4v) is 1.46. The highest BCUT2D eigenvalue weighted by Crippen LogP contribution is 2.10. The number of hydrogen-bond acceptors (Lipinski definition) is 7. The van der Waals surface area contributed by atoms with Gasteiger partial charge in [-0.2, -0.15) is 15.0 Å². The lowest BCUT2D eigenvalue weighted by Crippen LogP contribution is -2.12. The average molecular weight is 283 g/mol. The molecular weight excluding hydrogens is 258 g/mol. The highest BCUT2D eigenvalue weighted by molar-refractivity contribution is 5.35. The Hall–Kier alpha value is -1.63. The number of aromatic nitrogens is 3. The van der Waals surface area contributed by atoms with Crippen molar-refractivity contribution in [1.82, 2.24) is 15.0 Å². The Morgan fingerprint density at radius 1 is 1.10 bits per heavy atom. The normalized spacial score (nSPS) is 10.7. The van der Waals surface area contributed by atoms with Gasteiger partial charge >= 0.3 is 6.01 Å². The van der Waals surface area contributed by atoms with Crippen molar-refractivity contribution in [1.29, 1.82) is 0 Å². The molecule has 0 aliphatic rings. The summed E-state index contributed by atoms with van der Waals surface area (Å²) in [6, 6.07) is 0.300. The van der Waals surface area contributed by atoms with Crippen LogP contribution in [0, 0.1) is 5.92 Å². The van der Waals surface area contributed by atoms with Gasteiger partial charge in [-0.25, -0.2) is 0 Å². The second-order valence-electron chi connectivity index (χ2n) is 4.75. The number of nitrogens with one attached hydrogen (secondary N) is 2. The van der Waals surface area contributed by atoms with Crippen molar-refractivity contribution in [3.8, 4) is 6.01 Å². The molecule has 0 aromatic carbocycles. The first-order valence-corrected chi connectivity index (χ1v) is 7.01. The fraction of sp³-hybridized carbons (Fsp3) is 0.769. The molecule has 0 saturated heterocycles. The van der Waals surface area contributed by atoms with Crippen LogP contribution in [0.2, 0.25) is 0 Å². The van der Waals surface area contributed by atoms with Gasteiger partial charge in [-0.05, 0) is 19.3 Å². The maximum atomic E-state index is 5.51. The van der Waals surface area contributed by atoms with E-state index in [4.69, 9.17) is 9.47 Å². The summed E-state index contributed by atoms with van der Waals surface area (Å²) in [5, 5.41) is 6.18. The summed E-state index contributed by atoms with van der Waals surface area (Å²) in [5.41, 5.74) is 0. The quantitative estimate of drug-likeness (QED) is 0.633. The first kappa shape index (κ1) is 16.4. The molecule has 0 amide bonds. The van der Waals surface area contributed by atoms with E-state index >= 15 is 0 Å². The molecule has 0 saturated carbocycles. The molecule has 0 bridgehead atoms. The molecule has 0 aliphatic heterocycles. The highest BCUT2D eigenvalue weighted by atomic mass is 16.5. The molecule has 0 unspecified atom stereocenters. The SMILES string of the molecule is CCNc1nc(NCCCOCC(C)C)nc(OC)n1. The number of ether oxygens (including phenoxy) is 2. The lowest BCUT2D eigenvalue weighted by atomic mass is 10.2. The second kappa shape index (κ2) is 9.30. The Kier molecular flexibility index (Phi) is 7.64. The van der Waals surface area contributed by atoms with E-state index in [0.29, 0.717) is 23.8 Å². The van der Waals surface area contributed by atoms with Gasteiger partial charge in [-0.1, -0.05) is 13.8 Å². The number of anilines is 2. The number of hydrogen-bond donors (Lipinski definition) is 2. The molecule has 2 N–H and O–H groups in total. The lowest BCUT2D eigenvalue weighted by molar-refractivity contribution is 0.110. The Labute approximate surface area is 120 Å². The Bertz CT molecular complexity index is 387. The molecule has 7 heteroatoms. The van der Waals surface area contributed by atoms with Gasteiger partial charge in [0.15, 0.2) is 0 Å². The van der Waals surface area contributed by atoms with Crippen molar-refractivity contribution >= 4 is 11.9 Å². The van der Waals surface area contributed by atoms with Crippen molar-refractivity contribution in [2.75, 3.05) is 44.0 Å². The molecule has 0 fully saturated rings. The predicted octanol–water partition coefficient (Wildman–Crippen LogP) is 1.79. The van der Waals surface area contributed by atoms with Crippen molar-refractivity contribution < 1.29 is 9.47 Å². The summed E-state index contributed by atoms with van der Waals surface area (Å²) >= 11 is 0. The number of methoxy groups -OCH3 is 1. The lowest BCUT2D eigenvalue weighted by Gasteiger charge is -2.09. The Morgan fingerprint density at radius 3 is 2.40 bits per heavy atom. The fourth-order valence-electron chi connectivity index (χ4n) is 1.46. The summed E-state index contributed by atoms with van der Waals surface area (Å²) in [4.78, 5) is 12.5. The van der Waals surface area contributed by atoms with E-state index in [1.807, 2.05) is 6.92 Å². The zero-order chi connectivity index (χ0) is 14.8. The van der Waals surface area contributed by atoms with Crippen LogP contribution in [-0.4, -0.2) is 48.4 Å². The third-order valence-electron chi connectivity index (χ3n) is 2.33. The minimum Gasteiger partial charge on any atom is -0.467 e. The van der Waals surface area contributed by atoms with E-state index in [-0.39, 0.29) is 0 Å². The Morgan fingerprint density at radius 2 is 1.80 bits per heavy atom. The van der Waals surface area contributed by atoms with Crippen LogP contribution in [0.4, 0.5) is 11.9 Å². The van der Waals surface area contributed by atoms with E-state index in [1.54, 1.807) is 0 Å². The summed E-state index contributed by atoms with van der Waals surface area (Å²) in [5.74, 6) is 1.59. The van der Waals surface area contributed by atoms with E-state index in [2.05, 4.69) is 39.4 Å². The predicted molar refractivity (Wildman–Crippen MR) is 79.3 cm³/mol. The molecule has 20 heavy (non-hydrogen) atoms. The molecule has 114 valence electrons. The van der Waals surface area contributed by atoms with Gasteiger partial charge in [0.1, 0.15) is 0 Å². The van der Waals surface area contributed by atoms with Crippen molar-refractivity contribution in [3.63, 3.8) is 0 Å². The molecule has 1 aromatic rings. The van der Waals surface area contributed by atoms with E-state index in [9.17, 15) is 0 Å². The van der Waals surface area contributed by atoms with Crippen LogP contribution < -0.4 is 15.4 Å². The van der Waals surface area contributed by atoms with Crippen LogP contribution >= 0.6 is 0 Å². The monoisotopic (exact) mass is 283 g/mol. The van der Waals surface area contributed by atoms with Gasteiger partial charge in [-0.3, -0.25) is 0 Å². The van der Waals surface area contributed by atoms with Crippen LogP contribution in [-0.2, 0) is 4.74 Å². The van der Waals surface area contributed by atoms with Gasteiger partial charge < -0.3 is 20.1 Å². The number of nitrogens with zero attached hydrogens (tertiary/aromatic N) is 3. The van der Waals surface area contributed by atoms with E-state index in [0.717, 1.165) is 32.7 Å². The highest BCUT2D eigenvalue weighted by Gasteiger charge is 2.05. The molecule has 1 aromatic heterocycles. The first-order valence-electron chi connectivity index (χ1n) is 7.01. The zero-order valence-electron chi connectivity index (χ0n) is 12.8. The third kappa shape index (κ3) is 6.51. The first-order chi connectivity index (χ1) is 9.65. The van der Waals surface area contributed by atoms with Crippen molar-refractivity contribution in [2.24, 2.45) is 5.92 Å². The van der Waals surface area contributed by atoms with Gasteiger partial charge in [-0.15, -0.1) is 0 Å². The maximum Gasteiger partial charge on any atom is 0.322 e. The Balaban J connectivity index is 2.36. The topological polar surface area (TPSA) is 81.2 Å². The minimum atomic E-state index is 0.300. The standard InChI is InChI=1S/C13H25N5O2/c1-5-14-11-16-12(18-13(17-11)19-4)15-7-6-8-20-9-10(2)3/h10H,5-9H2,1-4H3,(H2,14,15,16,17,18). The molecule has 0 spiro atoms. The largest absolute Gasteiger partial charge is 0.467 e. The van der Waals surface area contributed by atoms with Crippen LogP contribution in [0.25, 0.3) is 0 Å². The van der Waals surface area contributed by atoms with Crippen molar-refractivity contribution in [2.45, 2.75) is 27.2 Å². The molecule has 1 heterocycles. The van der Waals surface area contributed by atoms with Crippen LogP contribution in [0.15, 0.2) is 0 Å². The second-order valence-corrected chi connectivity index (χ2v) is 4.75. The summed E-state index contributed by atoms with van der Waals surface area (Å²) < 4.78 is 10.6. The summed E-state index contributed by atoms with van der Waals surface area (Å²) in [6.45, 7) is 9.27. The molecule has 1 rings (SSSR count). The van der Waals surface area contributed by atoms with Crippen LogP contribution in [0.5, 0.6) is 6.01 Å². The molecule has 0 radical (unpaired) electrons. The smallest absolute Gasteiger partial charge is 0.322 e.